The van der Waals surface area contributed by atoms with Crippen molar-refractivity contribution in [1.29, 1.82) is 0 Å². The van der Waals surface area contributed by atoms with E-state index in [9.17, 15) is 5.11 Å². The number of ether oxygens (including phenoxy) is 1. The summed E-state index contributed by atoms with van der Waals surface area (Å²) < 4.78 is 5.21. The molecule has 102 valence electrons. The second-order valence-corrected chi connectivity index (χ2v) is 4.76. The molecule has 0 aliphatic heterocycles. The highest BCUT2D eigenvalue weighted by Crippen LogP contribution is 2.25. The Balaban J connectivity index is 2.31. The smallest absolute Gasteiger partial charge is 0.119 e. The van der Waals surface area contributed by atoms with Crippen molar-refractivity contribution in [2.45, 2.75) is 26.0 Å². The van der Waals surface area contributed by atoms with Crippen LogP contribution in [0.15, 0.2) is 36.4 Å². The Morgan fingerprint density at radius 1 is 1.16 bits per heavy atom. The third kappa shape index (κ3) is 3.06. The summed E-state index contributed by atoms with van der Waals surface area (Å²) in [7, 11) is 1.66. The maximum Gasteiger partial charge on any atom is 0.119 e. The van der Waals surface area contributed by atoms with Crippen molar-refractivity contribution in [2.24, 2.45) is 0 Å². The molecule has 0 aliphatic rings. The Kier molecular flexibility index (Phi) is 4.40. The Hall–Kier alpha value is -1.58. The highest BCUT2D eigenvalue weighted by molar-refractivity contribution is 5.84. The van der Waals surface area contributed by atoms with Gasteiger partial charge in [-0.3, -0.25) is 0 Å². The van der Waals surface area contributed by atoms with Crippen LogP contribution in [0.4, 0.5) is 0 Å². The van der Waals surface area contributed by atoms with Crippen molar-refractivity contribution in [3.05, 3.63) is 42.0 Å². The van der Waals surface area contributed by atoms with E-state index in [2.05, 4.69) is 5.32 Å². The van der Waals surface area contributed by atoms with Crippen LogP contribution in [-0.2, 0) is 0 Å². The first-order valence-corrected chi connectivity index (χ1v) is 6.65. The van der Waals surface area contributed by atoms with E-state index >= 15 is 0 Å². The summed E-state index contributed by atoms with van der Waals surface area (Å²) >= 11 is 0. The summed E-state index contributed by atoms with van der Waals surface area (Å²) in [5, 5.41) is 15.8. The van der Waals surface area contributed by atoms with Gasteiger partial charge in [-0.15, -0.1) is 0 Å². The Morgan fingerprint density at radius 2 is 1.84 bits per heavy atom. The lowest BCUT2D eigenvalue weighted by Crippen LogP contribution is -2.31. The average Bonchev–Trinajstić information content (AvgIpc) is 2.45. The lowest BCUT2D eigenvalue weighted by atomic mass is 9.99. The zero-order chi connectivity index (χ0) is 13.8. The van der Waals surface area contributed by atoms with Gasteiger partial charge in [0.25, 0.3) is 0 Å². The highest BCUT2D eigenvalue weighted by Gasteiger charge is 2.15. The quantitative estimate of drug-likeness (QED) is 0.867. The standard InChI is InChI=1S/C16H21NO2/c1-4-17-11(2)16(18)14-6-5-13-10-15(19-3)8-7-12(13)9-14/h5-11,16-18H,4H2,1-3H3. The molecule has 2 aromatic carbocycles. The molecule has 0 amide bonds. The first-order valence-electron chi connectivity index (χ1n) is 6.65. The normalized spacial score (nSPS) is 14.3. The van der Waals surface area contributed by atoms with Crippen LogP contribution in [0, 0.1) is 0 Å². The molecule has 3 heteroatoms. The maximum absolute atomic E-state index is 10.3. The van der Waals surface area contributed by atoms with Gasteiger partial charge in [-0.2, -0.15) is 0 Å². The molecule has 0 radical (unpaired) electrons. The molecule has 3 nitrogen and oxygen atoms in total. The number of benzene rings is 2. The van der Waals surface area contributed by atoms with E-state index in [0.29, 0.717) is 0 Å². The summed E-state index contributed by atoms with van der Waals surface area (Å²) in [6.45, 7) is 4.88. The van der Waals surface area contributed by atoms with E-state index in [4.69, 9.17) is 4.74 Å². The van der Waals surface area contributed by atoms with Crippen molar-refractivity contribution < 1.29 is 9.84 Å². The predicted octanol–water partition coefficient (Wildman–Crippen LogP) is 2.88. The van der Waals surface area contributed by atoms with Crippen molar-refractivity contribution in [2.75, 3.05) is 13.7 Å². The van der Waals surface area contributed by atoms with Crippen LogP contribution in [0.5, 0.6) is 5.75 Å². The first-order chi connectivity index (χ1) is 9.15. The number of hydrogen-bond donors (Lipinski definition) is 2. The molecule has 0 aliphatic carbocycles. The van der Waals surface area contributed by atoms with E-state index in [1.54, 1.807) is 7.11 Å². The molecule has 0 saturated heterocycles. The highest BCUT2D eigenvalue weighted by atomic mass is 16.5. The minimum absolute atomic E-state index is 0.0423. The zero-order valence-corrected chi connectivity index (χ0v) is 11.7. The fourth-order valence-corrected chi connectivity index (χ4v) is 2.28. The second-order valence-electron chi connectivity index (χ2n) is 4.76. The third-order valence-corrected chi connectivity index (χ3v) is 3.41. The van der Waals surface area contributed by atoms with E-state index < -0.39 is 6.10 Å². The number of rotatable bonds is 5. The molecule has 0 saturated carbocycles. The number of hydrogen-bond acceptors (Lipinski definition) is 3. The number of nitrogens with one attached hydrogen (secondary N) is 1. The Labute approximate surface area is 114 Å². The molecule has 0 spiro atoms. The number of aliphatic hydroxyl groups excluding tert-OH is 1. The van der Waals surface area contributed by atoms with Gasteiger partial charge in [0.15, 0.2) is 0 Å². The minimum atomic E-state index is -0.494. The van der Waals surface area contributed by atoms with Crippen LogP contribution in [0.25, 0.3) is 10.8 Å². The number of aliphatic hydroxyl groups is 1. The lowest BCUT2D eigenvalue weighted by molar-refractivity contribution is 0.137. The van der Waals surface area contributed by atoms with Crippen molar-refractivity contribution >= 4 is 10.8 Å². The lowest BCUT2D eigenvalue weighted by Gasteiger charge is -2.20. The fraction of sp³-hybridized carbons (Fsp3) is 0.375. The van der Waals surface area contributed by atoms with Gasteiger partial charge in [0.1, 0.15) is 5.75 Å². The van der Waals surface area contributed by atoms with E-state index in [1.165, 1.54) is 0 Å². The van der Waals surface area contributed by atoms with Gasteiger partial charge in [-0.1, -0.05) is 25.1 Å². The zero-order valence-electron chi connectivity index (χ0n) is 11.7. The van der Waals surface area contributed by atoms with Crippen LogP contribution in [-0.4, -0.2) is 24.8 Å². The van der Waals surface area contributed by atoms with Gasteiger partial charge < -0.3 is 15.2 Å². The van der Waals surface area contributed by atoms with Crippen LogP contribution < -0.4 is 10.1 Å². The summed E-state index contributed by atoms with van der Waals surface area (Å²) in [6, 6.07) is 12.0. The maximum atomic E-state index is 10.3. The van der Waals surface area contributed by atoms with E-state index in [-0.39, 0.29) is 6.04 Å². The predicted molar refractivity (Wildman–Crippen MR) is 78.6 cm³/mol. The largest absolute Gasteiger partial charge is 0.497 e. The molecule has 2 N–H and O–H groups in total. The molecular weight excluding hydrogens is 238 g/mol. The van der Waals surface area contributed by atoms with Crippen LogP contribution in [0.1, 0.15) is 25.5 Å². The molecule has 0 bridgehead atoms. The molecule has 0 heterocycles. The summed E-state index contributed by atoms with van der Waals surface area (Å²) in [5.74, 6) is 0.849. The molecule has 2 aromatic rings. The molecule has 2 unspecified atom stereocenters. The SMILES string of the molecule is CCNC(C)C(O)c1ccc2cc(OC)ccc2c1. The van der Waals surface area contributed by atoms with Crippen LogP contribution >= 0.6 is 0 Å². The first kappa shape index (κ1) is 13.8. The fourth-order valence-electron chi connectivity index (χ4n) is 2.28. The minimum Gasteiger partial charge on any atom is -0.497 e. The molecule has 19 heavy (non-hydrogen) atoms. The Bertz CT molecular complexity index is 553. The van der Waals surface area contributed by atoms with Gasteiger partial charge in [0, 0.05) is 6.04 Å². The van der Waals surface area contributed by atoms with Crippen LogP contribution in [0.2, 0.25) is 0 Å². The topological polar surface area (TPSA) is 41.5 Å². The van der Waals surface area contributed by atoms with Gasteiger partial charge in [0.2, 0.25) is 0 Å². The van der Waals surface area contributed by atoms with Crippen molar-refractivity contribution in [1.82, 2.24) is 5.32 Å². The molecular formula is C16H21NO2. The number of methoxy groups -OCH3 is 1. The third-order valence-electron chi connectivity index (χ3n) is 3.41. The monoisotopic (exact) mass is 259 g/mol. The average molecular weight is 259 g/mol. The van der Waals surface area contributed by atoms with E-state index in [1.807, 2.05) is 50.2 Å². The summed E-state index contributed by atoms with van der Waals surface area (Å²) in [6.07, 6.45) is -0.494. The molecule has 0 fully saturated rings. The van der Waals surface area contributed by atoms with Crippen LogP contribution in [0.3, 0.4) is 0 Å². The van der Waals surface area contributed by atoms with Crippen molar-refractivity contribution in [3.8, 4) is 5.75 Å². The second kappa shape index (κ2) is 6.04. The van der Waals surface area contributed by atoms with Gasteiger partial charge in [-0.25, -0.2) is 0 Å². The molecule has 2 rings (SSSR count). The van der Waals surface area contributed by atoms with Crippen molar-refractivity contribution in [3.63, 3.8) is 0 Å². The van der Waals surface area contributed by atoms with Gasteiger partial charge in [0.05, 0.1) is 13.2 Å². The van der Waals surface area contributed by atoms with Gasteiger partial charge in [-0.05, 0) is 48.0 Å². The van der Waals surface area contributed by atoms with Gasteiger partial charge >= 0.3 is 0 Å². The molecule has 2 atom stereocenters. The summed E-state index contributed by atoms with van der Waals surface area (Å²) in [5.41, 5.74) is 0.936. The Morgan fingerprint density at radius 3 is 2.53 bits per heavy atom. The number of likely N-dealkylation sites (N-methyl/N-ethyl adjacent to an activating group) is 1. The molecule has 0 aromatic heterocycles. The number of fused-ring (bicyclic) bond motifs is 1. The van der Waals surface area contributed by atoms with E-state index in [0.717, 1.165) is 28.6 Å². The summed E-state index contributed by atoms with van der Waals surface area (Å²) in [4.78, 5) is 0.